The zero-order chi connectivity index (χ0) is 10.6. The van der Waals surface area contributed by atoms with Crippen molar-refractivity contribution in [3.8, 4) is 0 Å². The van der Waals surface area contributed by atoms with Crippen LogP contribution in [-0.2, 0) is 10.1 Å². The predicted octanol–water partition coefficient (Wildman–Crippen LogP) is 1.01. The standard InChI is InChI=1S/C9H13NO3S/c1-10(7-8-14(11,12)13)9-5-3-2-4-6-9/h2-6H,7-8H2,1H3,(H,11,12,13). The Morgan fingerprint density at radius 1 is 1.29 bits per heavy atom. The van der Waals surface area contributed by atoms with Gasteiger partial charge >= 0.3 is 0 Å². The lowest BCUT2D eigenvalue weighted by Gasteiger charge is -2.17. The third kappa shape index (κ3) is 3.76. The van der Waals surface area contributed by atoms with Crippen LogP contribution in [-0.4, -0.2) is 32.3 Å². The molecule has 0 atom stereocenters. The van der Waals surface area contributed by atoms with Crippen LogP contribution in [0.15, 0.2) is 30.3 Å². The SMILES string of the molecule is CN(CCS(=O)(=O)O)c1ccccc1. The van der Waals surface area contributed by atoms with Crippen molar-refractivity contribution < 1.29 is 13.0 Å². The second kappa shape index (κ2) is 4.43. The highest BCUT2D eigenvalue weighted by Crippen LogP contribution is 2.10. The summed E-state index contributed by atoms with van der Waals surface area (Å²) < 4.78 is 29.6. The van der Waals surface area contributed by atoms with E-state index in [1.807, 2.05) is 30.3 Å². The third-order valence-electron chi connectivity index (χ3n) is 1.88. The van der Waals surface area contributed by atoms with Crippen LogP contribution in [0.2, 0.25) is 0 Å². The number of benzene rings is 1. The molecule has 0 saturated heterocycles. The van der Waals surface area contributed by atoms with Crippen LogP contribution in [0.25, 0.3) is 0 Å². The summed E-state index contributed by atoms with van der Waals surface area (Å²) in [4.78, 5) is 1.77. The van der Waals surface area contributed by atoms with Crippen LogP contribution >= 0.6 is 0 Å². The Balaban J connectivity index is 2.56. The van der Waals surface area contributed by atoms with Crippen molar-refractivity contribution in [3.63, 3.8) is 0 Å². The maximum Gasteiger partial charge on any atom is 0.266 e. The maximum atomic E-state index is 10.5. The molecule has 14 heavy (non-hydrogen) atoms. The zero-order valence-electron chi connectivity index (χ0n) is 7.92. The summed E-state index contributed by atoms with van der Waals surface area (Å²) in [5, 5.41) is 0. The fourth-order valence-electron chi connectivity index (χ4n) is 1.06. The lowest BCUT2D eigenvalue weighted by Crippen LogP contribution is -2.24. The van der Waals surface area contributed by atoms with Gasteiger partial charge in [-0.1, -0.05) is 18.2 Å². The van der Waals surface area contributed by atoms with E-state index in [1.54, 1.807) is 11.9 Å². The van der Waals surface area contributed by atoms with Crippen molar-refractivity contribution in [3.05, 3.63) is 30.3 Å². The van der Waals surface area contributed by atoms with E-state index in [2.05, 4.69) is 0 Å². The Morgan fingerprint density at radius 3 is 2.36 bits per heavy atom. The van der Waals surface area contributed by atoms with E-state index < -0.39 is 10.1 Å². The summed E-state index contributed by atoms with van der Waals surface area (Å²) in [6.07, 6.45) is 0. The molecule has 0 radical (unpaired) electrons. The smallest absolute Gasteiger partial charge is 0.266 e. The second-order valence-electron chi connectivity index (χ2n) is 3.04. The van der Waals surface area contributed by atoms with Crippen LogP contribution in [0, 0.1) is 0 Å². The number of anilines is 1. The maximum absolute atomic E-state index is 10.5. The lowest BCUT2D eigenvalue weighted by molar-refractivity contribution is 0.483. The Bertz CT molecular complexity index is 374. The molecule has 1 aromatic rings. The molecule has 1 aromatic carbocycles. The topological polar surface area (TPSA) is 57.6 Å². The van der Waals surface area contributed by atoms with Gasteiger partial charge in [0, 0.05) is 19.3 Å². The van der Waals surface area contributed by atoms with Crippen molar-refractivity contribution in [2.75, 3.05) is 24.2 Å². The van der Waals surface area contributed by atoms with E-state index >= 15 is 0 Å². The Morgan fingerprint density at radius 2 is 1.86 bits per heavy atom. The first-order valence-corrected chi connectivity index (χ1v) is 5.81. The van der Waals surface area contributed by atoms with Gasteiger partial charge in [0.15, 0.2) is 0 Å². The van der Waals surface area contributed by atoms with Crippen molar-refractivity contribution in [2.24, 2.45) is 0 Å². The minimum atomic E-state index is -3.87. The highest BCUT2D eigenvalue weighted by molar-refractivity contribution is 7.85. The van der Waals surface area contributed by atoms with Crippen molar-refractivity contribution >= 4 is 15.8 Å². The first-order valence-electron chi connectivity index (χ1n) is 4.20. The van der Waals surface area contributed by atoms with E-state index in [0.717, 1.165) is 5.69 Å². The molecule has 0 bridgehead atoms. The highest BCUT2D eigenvalue weighted by Gasteiger charge is 2.07. The number of rotatable bonds is 4. The minimum absolute atomic E-state index is 0.252. The first kappa shape index (κ1) is 11.0. The molecule has 0 saturated carbocycles. The molecule has 78 valence electrons. The van der Waals surface area contributed by atoms with E-state index in [-0.39, 0.29) is 12.3 Å². The van der Waals surface area contributed by atoms with Crippen LogP contribution in [0.3, 0.4) is 0 Å². The summed E-state index contributed by atoms with van der Waals surface area (Å²) in [6.45, 7) is 0.281. The van der Waals surface area contributed by atoms with Gasteiger partial charge in [0.2, 0.25) is 0 Å². The molecule has 0 aliphatic carbocycles. The average molecular weight is 215 g/mol. The van der Waals surface area contributed by atoms with Crippen molar-refractivity contribution in [1.29, 1.82) is 0 Å². The highest BCUT2D eigenvalue weighted by atomic mass is 32.2. The molecular weight excluding hydrogens is 202 g/mol. The summed E-state index contributed by atoms with van der Waals surface area (Å²) >= 11 is 0. The zero-order valence-corrected chi connectivity index (χ0v) is 8.74. The normalized spacial score (nSPS) is 11.3. The van der Waals surface area contributed by atoms with Gasteiger partial charge < -0.3 is 4.90 Å². The average Bonchev–Trinajstić information content (AvgIpc) is 2.14. The fourth-order valence-corrected chi connectivity index (χ4v) is 1.57. The summed E-state index contributed by atoms with van der Waals surface area (Å²) in [6, 6.07) is 9.40. The molecule has 5 heteroatoms. The van der Waals surface area contributed by atoms with Gasteiger partial charge in [-0.25, -0.2) is 0 Å². The van der Waals surface area contributed by atoms with Gasteiger partial charge in [0.1, 0.15) is 0 Å². The molecule has 0 amide bonds. The monoisotopic (exact) mass is 215 g/mol. The molecule has 1 rings (SSSR count). The van der Waals surface area contributed by atoms with E-state index in [9.17, 15) is 8.42 Å². The Hall–Kier alpha value is -1.07. The molecule has 0 aromatic heterocycles. The molecule has 0 fully saturated rings. The molecule has 0 aliphatic heterocycles. The van der Waals surface area contributed by atoms with E-state index in [4.69, 9.17) is 4.55 Å². The van der Waals surface area contributed by atoms with Gasteiger partial charge in [-0.2, -0.15) is 8.42 Å². The van der Waals surface area contributed by atoms with Crippen LogP contribution in [0.1, 0.15) is 0 Å². The molecular formula is C9H13NO3S. The minimum Gasteiger partial charge on any atom is -0.373 e. The van der Waals surface area contributed by atoms with Crippen molar-refractivity contribution in [1.82, 2.24) is 0 Å². The fraction of sp³-hybridized carbons (Fsp3) is 0.333. The quantitative estimate of drug-likeness (QED) is 0.761. The van der Waals surface area contributed by atoms with Gasteiger partial charge in [-0.3, -0.25) is 4.55 Å². The predicted molar refractivity (Wildman–Crippen MR) is 56.1 cm³/mol. The molecule has 0 heterocycles. The number of hydrogen-bond acceptors (Lipinski definition) is 3. The van der Waals surface area contributed by atoms with Gasteiger partial charge in [-0.15, -0.1) is 0 Å². The summed E-state index contributed by atoms with van der Waals surface area (Å²) in [7, 11) is -2.09. The molecule has 1 N–H and O–H groups in total. The van der Waals surface area contributed by atoms with Crippen LogP contribution in [0.5, 0.6) is 0 Å². The molecule has 0 spiro atoms. The number of nitrogens with zero attached hydrogens (tertiary/aromatic N) is 1. The van der Waals surface area contributed by atoms with Crippen LogP contribution < -0.4 is 4.90 Å². The summed E-state index contributed by atoms with van der Waals surface area (Å²) in [5.41, 5.74) is 0.927. The Kier molecular flexibility index (Phi) is 3.49. The van der Waals surface area contributed by atoms with Gasteiger partial charge in [-0.05, 0) is 12.1 Å². The third-order valence-corrected chi connectivity index (χ3v) is 2.58. The number of hydrogen-bond donors (Lipinski definition) is 1. The lowest BCUT2D eigenvalue weighted by atomic mass is 10.3. The van der Waals surface area contributed by atoms with Gasteiger partial charge in [0.25, 0.3) is 10.1 Å². The molecule has 0 aliphatic rings. The van der Waals surface area contributed by atoms with Gasteiger partial charge in [0.05, 0.1) is 5.75 Å². The second-order valence-corrected chi connectivity index (χ2v) is 4.62. The van der Waals surface area contributed by atoms with Crippen molar-refractivity contribution in [2.45, 2.75) is 0 Å². The largest absolute Gasteiger partial charge is 0.373 e. The molecule has 4 nitrogen and oxygen atoms in total. The number of para-hydroxylation sites is 1. The van der Waals surface area contributed by atoms with Crippen LogP contribution in [0.4, 0.5) is 5.69 Å². The molecule has 0 unspecified atom stereocenters. The Labute approximate surface area is 83.9 Å². The first-order chi connectivity index (χ1) is 6.49. The summed E-state index contributed by atoms with van der Waals surface area (Å²) in [5.74, 6) is -0.252. The van der Waals surface area contributed by atoms with E-state index in [1.165, 1.54) is 0 Å². The van der Waals surface area contributed by atoms with E-state index in [0.29, 0.717) is 0 Å².